The van der Waals surface area contributed by atoms with Crippen LogP contribution in [0.25, 0.3) is 0 Å². The van der Waals surface area contributed by atoms with E-state index < -0.39 is 0 Å². The van der Waals surface area contributed by atoms with Crippen LogP contribution in [-0.4, -0.2) is 11.5 Å². The highest BCUT2D eigenvalue weighted by Gasteiger charge is 2.06. The van der Waals surface area contributed by atoms with Crippen LogP contribution in [0.4, 0.5) is 0 Å². The van der Waals surface area contributed by atoms with Crippen LogP contribution in [-0.2, 0) is 13.2 Å². The van der Waals surface area contributed by atoms with Gasteiger partial charge in [-0.25, -0.2) is 4.98 Å². The molecule has 1 heterocycles. The van der Waals surface area contributed by atoms with Crippen LogP contribution in [0.15, 0.2) is 22.7 Å². The van der Waals surface area contributed by atoms with E-state index in [0.29, 0.717) is 6.61 Å². The predicted octanol–water partition coefficient (Wildman–Crippen LogP) is 4.60. The van der Waals surface area contributed by atoms with Crippen molar-refractivity contribution in [3.63, 3.8) is 0 Å². The Labute approximate surface area is 138 Å². The lowest BCUT2D eigenvalue weighted by Gasteiger charge is -2.09. The lowest BCUT2D eigenvalue weighted by molar-refractivity contribution is 0.305. The summed E-state index contributed by atoms with van der Waals surface area (Å²) >= 11 is 5.29. The number of hydrogen-bond acceptors (Lipinski definition) is 4. The van der Waals surface area contributed by atoms with Crippen LogP contribution in [0.1, 0.15) is 34.5 Å². The highest BCUT2D eigenvalue weighted by molar-refractivity contribution is 9.10. The number of halogens is 1. The molecule has 0 radical (unpaired) electrons. The Kier molecular flexibility index (Phi) is 6.21. The summed E-state index contributed by atoms with van der Waals surface area (Å²) in [5.41, 5.74) is 2.31. The van der Waals surface area contributed by atoms with Crippen molar-refractivity contribution >= 4 is 27.3 Å². The number of benzene rings is 1. The molecule has 0 amide bonds. The first-order chi connectivity index (χ1) is 10.1. The fraction of sp³-hybridized carbons (Fsp3) is 0.438. The second-order valence-corrected chi connectivity index (χ2v) is 7.11. The molecule has 2 rings (SSSR count). The number of ether oxygens (including phenoxy) is 1. The number of nitrogens with one attached hydrogen (secondary N) is 1. The molecule has 0 saturated heterocycles. The molecule has 0 aliphatic carbocycles. The second-order valence-electron chi connectivity index (χ2n) is 4.97. The minimum Gasteiger partial charge on any atom is -0.486 e. The Hall–Kier alpha value is -0.910. The van der Waals surface area contributed by atoms with E-state index in [1.807, 2.05) is 19.1 Å². The minimum absolute atomic E-state index is 0.531. The molecule has 0 aliphatic heterocycles. The number of nitrogens with zero attached hydrogens (tertiary/aromatic N) is 1. The van der Waals surface area contributed by atoms with Crippen molar-refractivity contribution in [1.82, 2.24) is 10.3 Å². The smallest absolute Gasteiger partial charge is 0.140 e. The van der Waals surface area contributed by atoms with Gasteiger partial charge in [0.05, 0.1) is 5.69 Å². The molecule has 21 heavy (non-hydrogen) atoms. The van der Waals surface area contributed by atoms with Gasteiger partial charge in [-0.3, -0.25) is 0 Å². The van der Waals surface area contributed by atoms with Crippen LogP contribution in [0.5, 0.6) is 5.75 Å². The molecule has 0 fully saturated rings. The van der Waals surface area contributed by atoms with E-state index in [2.05, 4.69) is 46.1 Å². The number of hydrogen-bond donors (Lipinski definition) is 1. The highest BCUT2D eigenvalue weighted by atomic mass is 79.9. The molecule has 0 bridgehead atoms. The summed E-state index contributed by atoms with van der Waals surface area (Å²) in [7, 11) is 0. The van der Waals surface area contributed by atoms with Gasteiger partial charge in [-0.15, -0.1) is 11.3 Å². The summed E-state index contributed by atoms with van der Waals surface area (Å²) in [6.07, 6.45) is 1.14. The third kappa shape index (κ3) is 4.80. The molecule has 3 nitrogen and oxygen atoms in total. The molecule has 0 saturated carbocycles. The number of aromatic nitrogens is 1. The van der Waals surface area contributed by atoms with Crippen LogP contribution in [0.3, 0.4) is 0 Å². The van der Waals surface area contributed by atoms with Crippen molar-refractivity contribution in [2.24, 2.45) is 0 Å². The average Bonchev–Trinajstić information content (AvgIpc) is 2.78. The van der Waals surface area contributed by atoms with Gasteiger partial charge in [0.2, 0.25) is 0 Å². The summed E-state index contributed by atoms with van der Waals surface area (Å²) in [6, 6.07) is 6.11. The largest absolute Gasteiger partial charge is 0.486 e. The summed E-state index contributed by atoms with van der Waals surface area (Å²) in [5.74, 6) is 0.886. The monoisotopic (exact) mass is 368 g/mol. The van der Waals surface area contributed by atoms with Gasteiger partial charge >= 0.3 is 0 Å². The number of aryl methyl sites for hydroxylation is 2. The molecule has 0 aliphatic rings. The maximum Gasteiger partial charge on any atom is 0.140 e. The van der Waals surface area contributed by atoms with Crippen molar-refractivity contribution in [3.8, 4) is 5.75 Å². The summed E-state index contributed by atoms with van der Waals surface area (Å²) in [6.45, 7) is 8.69. The lowest BCUT2D eigenvalue weighted by atomic mass is 10.2. The maximum atomic E-state index is 5.86. The van der Waals surface area contributed by atoms with Gasteiger partial charge in [-0.2, -0.15) is 0 Å². The summed E-state index contributed by atoms with van der Waals surface area (Å²) in [5, 5.41) is 4.43. The molecule has 1 aromatic heterocycles. The third-order valence-corrected chi connectivity index (χ3v) is 5.01. The standard InChI is InChI=1S/C16H21BrN2OS/c1-4-7-18-9-13-8-14(5-6-15(13)17)20-10-16-19-11(2)12(3)21-16/h5-6,8,18H,4,7,9-10H2,1-3H3. The molecular formula is C16H21BrN2OS. The normalized spacial score (nSPS) is 10.9. The summed E-state index contributed by atoms with van der Waals surface area (Å²) < 4.78 is 6.97. The fourth-order valence-electron chi connectivity index (χ4n) is 1.92. The van der Waals surface area contributed by atoms with E-state index >= 15 is 0 Å². The Balaban J connectivity index is 1.98. The van der Waals surface area contributed by atoms with Crippen molar-refractivity contribution < 1.29 is 4.74 Å². The van der Waals surface area contributed by atoms with Crippen LogP contribution >= 0.6 is 27.3 Å². The van der Waals surface area contributed by atoms with Gasteiger partial charge in [-0.05, 0) is 50.6 Å². The Morgan fingerprint density at radius 2 is 2.14 bits per heavy atom. The lowest BCUT2D eigenvalue weighted by Crippen LogP contribution is -2.14. The number of rotatable bonds is 7. The van der Waals surface area contributed by atoms with Gasteiger partial charge in [0.15, 0.2) is 0 Å². The van der Waals surface area contributed by atoms with Gasteiger partial charge < -0.3 is 10.1 Å². The first-order valence-electron chi connectivity index (χ1n) is 7.15. The SMILES string of the molecule is CCCNCc1cc(OCc2nc(C)c(C)s2)ccc1Br. The molecule has 5 heteroatoms. The van der Waals surface area contributed by atoms with E-state index in [1.165, 1.54) is 10.4 Å². The van der Waals surface area contributed by atoms with Crippen molar-refractivity contribution in [3.05, 3.63) is 43.8 Å². The second kappa shape index (κ2) is 7.92. The van der Waals surface area contributed by atoms with Gasteiger partial charge in [0, 0.05) is 15.9 Å². The average molecular weight is 369 g/mol. The molecule has 1 N–H and O–H groups in total. The summed E-state index contributed by atoms with van der Waals surface area (Å²) in [4.78, 5) is 5.76. The van der Waals surface area contributed by atoms with Gasteiger partial charge in [0.1, 0.15) is 17.4 Å². The zero-order valence-corrected chi connectivity index (χ0v) is 15.1. The first kappa shape index (κ1) is 16.5. The predicted molar refractivity (Wildman–Crippen MR) is 92.1 cm³/mol. The Bertz CT molecular complexity index is 578. The molecule has 0 unspecified atom stereocenters. The quantitative estimate of drug-likeness (QED) is 0.725. The van der Waals surface area contributed by atoms with Crippen molar-refractivity contribution in [2.75, 3.05) is 6.54 Å². The topological polar surface area (TPSA) is 34.1 Å². The zero-order chi connectivity index (χ0) is 15.2. The molecule has 2 aromatic rings. The van der Waals surface area contributed by atoms with Crippen LogP contribution < -0.4 is 10.1 Å². The van der Waals surface area contributed by atoms with E-state index in [0.717, 1.165) is 40.4 Å². The van der Waals surface area contributed by atoms with Crippen LogP contribution in [0, 0.1) is 13.8 Å². The van der Waals surface area contributed by atoms with Crippen molar-refractivity contribution in [2.45, 2.75) is 40.3 Å². The van der Waals surface area contributed by atoms with E-state index in [1.54, 1.807) is 11.3 Å². The van der Waals surface area contributed by atoms with Crippen molar-refractivity contribution in [1.29, 1.82) is 0 Å². The third-order valence-electron chi connectivity index (χ3n) is 3.19. The molecule has 114 valence electrons. The highest BCUT2D eigenvalue weighted by Crippen LogP contribution is 2.24. The van der Waals surface area contributed by atoms with E-state index in [-0.39, 0.29) is 0 Å². The first-order valence-corrected chi connectivity index (χ1v) is 8.76. The minimum atomic E-state index is 0.531. The Morgan fingerprint density at radius 3 is 2.81 bits per heavy atom. The number of thiazole rings is 1. The molecular weight excluding hydrogens is 348 g/mol. The molecule has 0 spiro atoms. The fourth-order valence-corrected chi connectivity index (χ4v) is 3.16. The molecule has 0 atom stereocenters. The molecule has 1 aromatic carbocycles. The maximum absolute atomic E-state index is 5.86. The van der Waals surface area contributed by atoms with Gasteiger partial charge in [-0.1, -0.05) is 22.9 Å². The zero-order valence-electron chi connectivity index (χ0n) is 12.7. The van der Waals surface area contributed by atoms with Gasteiger partial charge in [0.25, 0.3) is 0 Å². The van der Waals surface area contributed by atoms with E-state index in [4.69, 9.17) is 4.74 Å². The van der Waals surface area contributed by atoms with Crippen LogP contribution in [0.2, 0.25) is 0 Å². The van der Waals surface area contributed by atoms with E-state index in [9.17, 15) is 0 Å². The Morgan fingerprint density at radius 1 is 1.33 bits per heavy atom.